The molecule has 2 aromatic carbocycles. The highest BCUT2D eigenvalue weighted by atomic mass is 79.9. The Bertz CT molecular complexity index is 1120. The fourth-order valence-electron chi connectivity index (χ4n) is 4.16. The number of benzene rings is 2. The number of rotatable bonds is 9. The highest BCUT2D eigenvalue weighted by Gasteiger charge is 2.31. The van der Waals surface area contributed by atoms with Crippen molar-refractivity contribution in [2.45, 2.75) is 57.7 Å². The summed E-state index contributed by atoms with van der Waals surface area (Å²) in [6.45, 7) is 1.42. The summed E-state index contributed by atoms with van der Waals surface area (Å²) in [5.41, 5.74) is 1.16. The Labute approximate surface area is 221 Å². The zero-order valence-corrected chi connectivity index (χ0v) is 23.1. The maximum Gasteiger partial charge on any atom is 0.244 e. The number of nitrogens with zero attached hydrogens (tertiary/aromatic N) is 2. The van der Waals surface area contributed by atoms with Gasteiger partial charge in [-0.05, 0) is 61.7 Å². The fraction of sp³-hybridized carbons (Fsp3) is 0.440. The molecule has 1 aliphatic carbocycles. The van der Waals surface area contributed by atoms with Gasteiger partial charge in [0.05, 0.1) is 11.9 Å². The van der Waals surface area contributed by atoms with Gasteiger partial charge in [0, 0.05) is 22.1 Å². The lowest BCUT2D eigenvalue weighted by atomic mass is 9.95. The van der Waals surface area contributed by atoms with E-state index >= 15 is 0 Å². The molecule has 1 N–H and O–H groups in total. The van der Waals surface area contributed by atoms with E-state index in [4.69, 9.17) is 11.6 Å². The Kier molecular flexibility index (Phi) is 9.61. The first-order valence-corrected chi connectivity index (χ1v) is 14.6. The number of sulfonamides is 1. The van der Waals surface area contributed by atoms with Crippen molar-refractivity contribution in [2.75, 3.05) is 17.1 Å². The van der Waals surface area contributed by atoms with Crippen molar-refractivity contribution >= 4 is 55.1 Å². The standard InChI is InChI=1S/C25H31BrClN3O4S/c1-18(25(32)28-22-6-4-3-5-7-22)29(16-19-8-10-20(26)11-9-19)24(31)17-30(35(2,33)34)23-14-12-21(27)13-15-23/h8-15,18,22H,3-7,16-17H2,1-2H3,(H,28,32). The summed E-state index contributed by atoms with van der Waals surface area (Å²) >= 11 is 9.36. The molecule has 1 atom stereocenters. The van der Waals surface area contributed by atoms with Gasteiger partial charge in [-0.15, -0.1) is 0 Å². The molecule has 35 heavy (non-hydrogen) atoms. The smallest absolute Gasteiger partial charge is 0.244 e. The molecule has 1 unspecified atom stereocenters. The van der Waals surface area contributed by atoms with Crippen LogP contribution in [0.3, 0.4) is 0 Å². The summed E-state index contributed by atoms with van der Waals surface area (Å²) in [6, 6.07) is 13.0. The van der Waals surface area contributed by atoms with E-state index in [0.29, 0.717) is 10.7 Å². The summed E-state index contributed by atoms with van der Waals surface area (Å²) in [4.78, 5) is 28.1. The summed E-state index contributed by atoms with van der Waals surface area (Å²) in [5.74, 6) is -0.709. The van der Waals surface area contributed by atoms with Crippen LogP contribution in [0.2, 0.25) is 5.02 Å². The van der Waals surface area contributed by atoms with Crippen LogP contribution in [0.1, 0.15) is 44.6 Å². The van der Waals surface area contributed by atoms with Gasteiger partial charge in [-0.2, -0.15) is 0 Å². The van der Waals surface area contributed by atoms with Crippen LogP contribution >= 0.6 is 27.5 Å². The molecule has 1 fully saturated rings. The van der Waals surface area contributed by atoms with Crippen molar-refractivity contribution in [2.24, 2.45) is 0 Å². The predicted octanol–water partition coefficient (Wildman–Crippen LogP) is 4.73. The molecule has 1 aliphatic rings. The second-order valence-corrected chi connectivity index (χ2v) is 12.2. The van der Waals surface area contributed by atoms with Crippen LogP contribution in [-0.2, 0) is 26.2 Å². The maximum absolute atomic E-state index is 13.6. The second kappa shape index (κ2) is 12.2. The van der Waals surface area contributed by atoms with Gasteiger partial charge in [0.1, 0.15) is 12.6 Å². The third-order valence-corrected chi connectivity index (χ3v) is 8.10. The van der Waals surface area contributed by atoms with Crippen LogP contribution in [0.15, 0.2) is 53.0 Å². The van der Waals surface area contributed by atoms with Crippen molar-refractivity contribution in [3.8, 4) is 0 Å². The van der Waals surface area contributed by atoms with Crippen LogP contribution in [0.5, 0.6) is 0 Å². The Morgan fingerprint density at radius 2 is 1.66 bits per heavy atom. The summed E-state index contributed by atoms with van der Waals surface area (Å²) in [7, 11) is -3.77. The van der Waals surface area contributed by atoms with E-state index in [1.54, 1.807) is 31.2 Å². The molecule has 3 rings (SSSR count). The molecule has 0 spiro atoms. The quantitative estimate of drug-likeness (QED) is 0.462. The van der Waals surface area contributed by atoms with Crippen LogP contribution in [0.25, 0.3) is 0 Å². The number of hydrogen-bond acceptors (Lipinski definition) is 4. The number of halogens is 2. The number of nitrogens with one attached hydrogen (secondary N) is 1. The number of anilines is 1. The normalized spacial score (nSPS) is 15.3. The predicted molar refractivity (Wildman–Crippen MR) is 143 cm³/mol. The lowest BCUT2D eigenvalue weighted by molar-refractivity contribution is -0.139. The Hall–Kier alpha value is -2.10. The van der Waals surface area contributed by atoms with Crippen molar-refractivity contribution in [1.82, 2.24) is 10.2 Å². The SMILES string of the molecule is CC(C(=O)NC1CCCCC1)N(Cc1ccc(Br)cc1)C(=O)CN(c1ccc(Cl)cc1)S(C)(=O)=O. The molecule has 0 aromatic heterocycles. The minimum atomic E-state index is -3.77. The molecule has 7 nitrogen and oxygen atoms in total. The molecule has 10 heteroatoms. The fourth-order valence-corrected chi connectivity index (χ4v) is 5.40. The zero-order chi connectivity index (χ0) is 25.6. The minimum Gasteiger partial charge on any atom is -0.352 e. The molecule has 0 radical (unpaired) electrons. The van der Waals surface area contributed by atoms with Crippen LogP contribution in [0.4, 0.5) is 5.69 Å². The topological polar surface area (TPSA) is 86.8 Å². The molecule has 0 aliphatic heterocycles. The number of hydrogen-bond donors (Lipinski definition) is 1. The number of carbonyl (C=O) groups is 2. The Balaban J connectivity index is 1.85. The molecular formula is C25H31BrClN3O4S. The van der Waals surface area contributed by atoms with E-state index in [1.807, 2.05) is 24.3 Å². The third-order valence-electron chi connectivity index (χ3n) is 6.18. The van der Waals surface area contributed by atoms with Crippen LogP contribution < -0.4 is 9.62 Å². The van der Waals surface area contributed by atoms with Crippen LogP contribution in [0, 0.1) is 0 Å². The molecule has 0 bridgehead atoms. The molecule has 0 heterocycles. The Morgan fingerprint density at radius 3 is 2.23 bits per heavy atom. The lowest BCUT2D eigenvalue weighted by Crippen LogP contribution is -2.52. The van der Waals surface area contributed by atoms with Gasteiger partial charge in [-0.25, -0.2) is 8.42 Å². The molecule has 0 saturated heterocycles. The highest BCUT2D eigenvalue weighted by molar-refractivity contribution is 9.10. The molecule has 2 aromatic rings. The van der Waals surface area contributed by atoms with Gasteiger partial charge < -0.3 is 10.2 Å². The molecule has 1 saturated carbocycles. The largest absolute Gasteiger partial charge is 0.352 e. The van der Waals surface area contributed by atoms with E-state index in [0.717, 1.165) is 46.3 Å². The van der Waals surface area contributed by atoms with E-state index in [9.17, 15) is 18.0 Å². The van der Waals surface area contributed by atoms with Gasteiger partial charge in [0.2, 0.25) is 21.8 Å². The molecule has 2 amide bonds. The Morgan fingerprint density at radius 1 is 1.06 bits per heavy atom. The lowest BCUT2D eigenvalue weighted by Gasteiger charge is -2.33. The highest BCUT2D eigenvalue weighted by Crippen LogP contribution is 2.22. The number of amides is 2. The van der Waals surface area contributed by atoms with Crippen molar-refractivity contribution in [1.29, 1.82) is 0 Å². The second-order valence-electron chi connectivity index (χ2n) is 8.91. The molecular weight excluding hydrogens is 554 g/mol. The maximum atomic E-state index is 13.6. The van der Waals surface area contributed by atoms with Gasteiger partial charge in [-0.3, -0.25) is 13.9 Å². The van der Waals surface area contributed by atoms with E-state index < -0.39 is 28.5 Å². The average Bonchev–Trinajstić information content (AvgIpc) is 2.82. The van der Waals surface area contributed by atoms with Gasteiger partial charge >= 0.3 is 0 Å². The average molecular weight is 585 g/mol. The van der Waals surface area contributed by atoms with Crippen molar-refractivity contribution in [3.05, 3.63) is 63.6 Å². The first-order valence-electron chi connectivity index (χ1n) is 11.6. The van der Waals surface area contributed by atoms with Crippen molar-refractivity contribution in [3.63, 3.8) is 0 Å². The van der Waals surface area contributed by atoms with Gasteiger partial charge in [-0.1, -0.05) is 58.9 Å². The first kappa shape index (κ1) is 27.5. The monoisotopic (exact) mass is 583 g/mol. The zero-order valence-electron chi connectivity index (χ0n) is 19.9. The third kappa shape index (κ3) is 7.95. The van der Waals surface area contributed by atoms with Gasteiger partial charge in [0.15, 0.2) is 0 Å². The summed E-state index contributed by atoms with van der Waals surface area (Å²) in [6.07, 6.45) is 6.22. The molecule has 190 valence electrons. The summed E-state index contributed by atoms with van der Waals surface area (Å²) < 4.78 is 27.1. The van der Waals surface area contributed by atoms with E-state index in [2.05, 4.69) is 21.2 Å². The number of carbonyl (C=O) groups excluding carboxylic acids is 2. The van der Waals surface area contributed by atoms with Crippen LogP contribution in [-0.4, -0.2) is 50.0 Å². The van der Waals surface area contributed by atoms with Gasteiger partial charge in [0.25, 0.3) is 0 Å². The summed E-state index contributed by atoms with van der Waals surface area (Å²) in [5, 5.41) is 3.54. The van der Waals surface area contributed by atoms with Crippen molar-refractivity contribution < 1.29 is 18.0 Å². The first-order chi connectivity index (χ1) is 16.5. The van der Waals surface area contributed by atoms with E-state index in [-0.39, 0.29) is 18.5 Å². The minimum absolute atomic E-state index is 0.102. The van der Waals surface area contributed by atoms with E-state index in [1.165, 1.54) is 11.3 Å².